The molecule has 1 aromatic carbocycles. The van der Waals surface area contributed by atoms with Gasteiger partial charge in [-0.3, -0.25) is 9.69 Å². The third kappa shape index (κ3) is 7.41. The molecule has 1 saturated heterocycles. The molecule has 1 aliphatic heterocycles. The number of amides is 1. The van der Waals surface area contributed by atoms with E-state index in [1.54, 1.807) is 12.1 Å². The van der Waals surface area contributed by atoms with E-state index in [0.29, 0.717) is 32.6 Å². The second-order valence-corrected chi connectivity index (χ2v) is 9.66. The standard InChI is InChI=1S/C20H31N3O5S/c1-16(2)13-18(20(25)28-3)21-19(24)14-22-9-11-23(12-10-22)29(26,27)15-17-7-5-4-6-8-17/h4-8,16,18H,9-15H2,1-3H3,(H,21,24)/t18-/m1/s1. The summed E-state index contributed by atoms with van der Waals surface area (Å²) in [5.41, 5.74) is 0.758. The Kier molecular flexibility index (Phi) is 8.60. The van der Waals surface area contributed by atoms with E-state index in [1.165, 1.54) is 11.4 Å². The fourth-order valence-electron chi connectivity index (χ4n) is 3.31. The first-order valence-corrected chi connectivity index (χ1v) is 11.4. The molecule has 0 bridgehead atoms. The molecule has 0 aromatic heterocycles. The first kappa shape index (κ1) is 23.3. The van der Waals surface area contributed by atoms with Gasteiger partial charge in [0.1, 0.15) is 6.04 Å². The van der Waals surface area contributed by atoms with Gasteiger partial charge in [-0.05, 0) is 17.9 Å². The molecule has 2 rings (SSSR count). The van der Waals surface area contributed by atoms with Crippen LogP contribution in [-0.4, -0.2) is 75.4 Å². The van der Waals surface area contributed by atoms with E-state index < -0.39 is 22.0 Å². The van der Waals surface area contributed by atoms with Gasteiger partial charge in [0.15, 0.2) is 0 Å². The smallest absolute Gasteiger partial charge is 0.328 e. The number of carbonyl (C=O) groups is 2. The van der Waals surface area contributed by atoms with Crippen molar-refractivity contribution in [1.82, 2.24) is 14.5 Å². The van der Waals surface area contributed by atoms with Gasteiger partial charge in [-0.15, -0.1) is 0 Å². The zero-order valence-electron chi connectivity index (χ0n) is 17.3. The molecule has 162 valence electrons. The van der Waals surface area contributed by atoms with Gasteiger partial charge in [-0.25, -0.2) is 13.2 Å². The van der Waals surface area contributed by atoms with E-state index in [0.717, 1.165) is 5.56 Å². The van der Waals surface area contributed by atoms with Crippen LogP contribution >= 0.6 is 0 Å². The molecule has 1 aromatic rings. The number of ether oxygens (including phenoxy) is 1. The molecule has 1 heterocycles. The van der Waals surface area contributed by atoms with Crippen LogP contribution in [0.2, 0.25) is 0 Å². The van der Waals surface area contributed by atoms with Gasteiger partial charge in [-0.1, -0.05) is 44.2 Å². The summed E-state index contributed by atoms with van der Waals surface area (Å²) in [5.74, 6) is -0.507. The quantitative estimate of drug-likeness (QED) is 0.589. The molecule has 1 aliphatic rings. The average Bonchev–Trinajstić information content (AvgIpc) is 2.67. The number of benzene rings is 1. The number of piperazine rings is 1. The molecule has 1 fully saturated rings. The Morgan fingerprint density at radius 3 is 2.28 bits per heavy atom. The van der Waals surface area contributed by atoms with Crippen LogP contribution < -0.4 is 5.32 Å². The fraction of sp³-hybridized carbons (Fsp3) is 0.600. The van der Waals surface area contributed by atoms with Gasteiger partial charge < -0.3 is 10.1 Å². The molecule has 0 spiro atoms. The predicted molar refractivity (Wildman–Crippen MR) is 110 cm³/mol. The number of sulfonamides is 1. The number of esters is 1. The van der Waals surface area contributed by atoms with Crippen molar-refractivity contribution in [2.45, 2.75) is 32.1 Å². The zero-order chi connectivity index (χ0) is 21.4. The van der Waals surface area contributed by atoms with Gasteiger partial charge in [0.25, 0.3) is 0 Å². The van der Waals surface area contributed by atoms with Gasteiger partial charge in [0.2, 0.25) is 15.9 Å². The molecule has 8 nitrogen and oxygen atoms in total. The molecule has 1 atom stereocenters. The Balaban J connectivity index is 1.84. The van der Waals surface area contributed by atoms with Crippen molar-refractivity contribution in [2.75, 3.05) is 39.8 Å². The number of nitrogens with one attached hydrogen (secondary N) is 1. The van der Waals surface area contributed by atoms with Crippen molar-refractivity contribution >= 4 is 21.9 Å². The van der Waals surface area contributed by atoms with E-state index in [-0.39, 0.29) is 24.1 Å². The summed E-state index contributed by atoms with van der Waals surface area (Å²) in [6.07, 6.45) is 0.504. The lowest BCUT2D eigenvalue weighted by Crippen LogP contribution is -2.52. The van der Waals surface area contributed by atoms with Crippen LogP contribution in [0.25, 0.3) is 0 Å². The lowest BCUT2D eigenvalue weighted by molar-refractivity contribution is -0.145. The third-order valence-corrected chi connectivity index (χ3v) is 6.66. The monoisotopic (exact) mass is 425 g/mol. The van der Waals surface area contributed by atoms with Gasteiger partial charge in [0.05, 0.1) is 19.4 Å². The number of hydrogen-bond donors (Lipinski definition) is 1. The van der Waals surface area contributed by atoms with Crippen LogP contribution in [0.15, 0.2) is 30.3 Å². The number of rotatable bonds is 9. The highest BCUT2D eigenvalue weighted by Gasteiger charge is 2.29. The minimum Gasteiger partial charge on any atom is -0.467 e. The summed E-state index contributed by atoms with van der Waals surface area (Å²) in [6.45, 7) is 5.68. The van der Waals surface area contributed by atoms with Crippen molar-refractivity contribution in [1.29, 1.82) is 0 Å². The van der Waals surface area contributed by atoms with E-state index in [2.05, 4.69) is 5.32 Å². The van der Waals surface area contributed by atoms with E-state index in [1.807, 2.05) is 36.9 Å². The predicted octanol–water partition coefficient (Wildman–Crippen LogP) is 0.838. The molecule has 1 amide bonds. The van der Waals surface area contributed by atoms with E-state index >= 15 is 0 Å². The Labute approximate surface area is 173 Å². The third-order valence-electron chi connectivity index (χ3n) is 4.81. The number of methoxy groups -OCH3 is 1. The summed E-state index contributed by atoms with van der Waals surface area (Å²) in [5, 5.41) is 2.73. The summed E-state index contributed by atoms with van der Waals surface area (Å²) in [4.78, 5) is 26.1. The number of carbonyl (C=O) groups excluding carboxylic acids is 2. The van der Waals surface area contributed by atoms with Crippen LogP contribution in [0, 0.1) is 5.92 Å². The Hall–Kier alpha value is -1.97. The van der Waals surface area contributed by atoms with Crippen LogP contribution in [0.4, 0.5) is 0 Å². The normalized spacial score (nSPS) is 17.1. The average molecular weight is 426 g/mol. The van der Waals surface area contributed by atoms with Crippen LogP contribution in [-0.2, 0) is 30.1 Å². The summed E-state index contributed by atoms with van der Waals surface area (Å²) in [7, 11) is -2.09. The maximum atomic E-state index is 12.6. The molecule has 9 heteroatoms. The SMILES string of the molecule is COC(=O)[C@@H](CC(C)C)NC(=O)CN1CCN(S(=O)(=O)Cc2ccccc2)CC1. The molecule has 0 radical (unpaired) electrons. The molecule has 0 aliphatic carbocycles. The highest BCUT2D eigenvalue weighted by Crippen LogP contribution is 2.13. The molecular formula is C20H31N3O5S. The Bertz CT molecular complexity index is 775. The minimum absolute atomic E-state index is 0.0235. The number of hydrogen-bond acceptors (Lipinski definition) is 6. The van der Waals surface area contributed by atoms with Gasteiger partial charge in [0, 0.05) is 26.2 Å². The zero-order valence-corrected chi connectivity index (χ0v) is 18.2. The lowest BCUT2D eigenvalue weighted by atomic mass is 10.0. The molecular weight excluding hydrogens is 394 g/mol. The highest BCUT2D eigenvalue weighted by atomic mass is 32.2. The van der Waals surface area contributed by atoms with Crippen LogP contribution in [0.3, 0.4) is 0 Å². The second kappa shape index (κ2) is 10.7. The summed E-state index contributed by atoms with van der Waals surface area (Å²) in [6, 6.07) is 8.43. The topological polar surface area (TPSA) is 96.0 Å². The molecule has 29 heavy (non-hydrogen) atoms. The second-order valence-electron chi connectivity index (χ2n) is 7.69. The van der Waals surface area contributed by atoms with Crippen molar-refractivity contribution < 1.29 is 22.7 Å². The largest absolute Gasteiger partial charge is 0.467 e. The Morgan fingerprint density at radius 1 is 1.10 bits per heavy atom. The molecule has 0 unspecified atom stereocenters. The van der Waals surface area contributed by atoms with Crippen molar-refractivity contribution in [3.05, 3.63) is 35.9 Å². The molecule has 0 saturated carbocycles. The fourth-order valence-corrected chi connectivity index (χ4v) is 4.83. The van der Waals surface area contributed by atoms with Crippen molar-refractivity contribution in [3.8, 4) is 0 Å². The van der Waals surface area contributed by atoms with Crippen molar-refractivity contribution in [3.63, 3.8) is 0 Å². The first-order chi connectivity index (χ1) is 13.7. The number of nitrogens with zero attached hydrogens (tertiary/aromatic N) is 2. The lowest BCUT2D eigenvalue weighted by Gasteiger charge is -2.33. The minimum atomic E-state index is -3.39. The van der Waals surface area contributed by atoms with Crippen LogP contribution in [0.5, 0.6) is 0 Å². The highest BCUT2D eigenvalue weighted by molar-refractivity contribution is 7.88. The molecule has 1 N–H and O–H groups in total. The summed E-state index contributed by atoms with van der Waals surface area (Å²) < 4.78 is 31.5. The van der Waals surface area contributed by atoms with Gasteiger partial charge in [-0.2, -0.15) is 4.31 Å². The Morgan fingerprint density at radius 2 is 1.72 bits per heavy atom. The van der Waals surface area contributed by atoms with Gasteiger partial charge >= 0.3 is 5.97 Å². The summed E-state index contributed by atoms with van der Waals surface area (Å²) >= 11 is 0. The van der Waals surface area contributed by atoms with E-state index in [4.69, 9.17) is 4.74 Å². The van der Waals surface area contributed by atoms with Crippen LogP contribution in [0.1, 0.15) is 25.8 Å². The maximum absolute atomic E-state index is 12.6. The first-order valence-electron chi connectivity index (χ1n) is 9.82. The van der Waals surface area contributed by atoms with Crippen molar-refractivity contribution in [2.24, 2.45) is 5.92 Å². The maximum Gasteiger partial charge on any atom is 0.328 e. The van der Waals surface area contributed by atoms with E-state index in [9.17, 15) is 18.0 Å².